The number of esters is 1. The van der Waals surface area contributed by atoms with Crippen LogP contribution in [0.5, 0.6) is 0 Å². The average Bonchev–Trinajstić information content (AvgIpc) is 2.71. The summed E-state index contributed by atoms with van der Waals surface area (Å²) in [6, 6.07) is 8.95. The summed E-state index contributed by atoms with van der Waals surface area (Å²) < 4.78 is 10.2. The molecule has 1 aromatic carbocycles. The lowest BCUT2D eigenvalue weighted by Crippen LogP contribution is -2.28. The predicted octanol–water partition coefficient (Wildman–Crippen LogP) is 1.39. The molecule has 2 atom stereocenters. The molecule has 0 aromatic heterocycles. The Morgan fingerprint density at radius 3 is 2.69 bits per heavy atom. The number of hydrogen-bond donors (Lipinski definition) is 0. The van der Waals surface area contributed by atoms with Crippen molar-refractivity contribution < 1.29 is 14.3 Å². The topological polar surface area (TPSA) is 47.9 Å². The molecule has 2 rings (SSSR count). The highest BCUT2D eigenvalue weighted by atomic mass is 16.5. The van der Waals surface area contributed by atoms with Gasteiger partial charge in [-0.3, -0.25) is 0 Å². The molecule has 1 heterocycles. The van der Waals surface area contributed by atoms with E-state index in [1.807, 2.05) is 30.3 Å². The highest BCUT2D eigenvalue weighted by molar-refractivity contribution is 5.97. The molecule has 0 saturated carbocycles. The maximum absolute atomic E-state index is 11.4. The van der Waals surface area contributed by atoms with Gasteiger partial charge in [-0.25, -0.2) is 9.79 Å². The number of nitrogens with zero attached hydrogens (tertiary/aromatic N) is 1. The summed E-state index contributed by atoms with van der Waals surface area (Å²) >= 11 is 0. The van der Waals surface area contributed by atoms with Crippen LogP contribution in [0.4, 0.5) is 0 Å². The van der Waals surface area contributed by atoms with Crippen LogP contribution in [0, 0.1) is 0 Å². The predicted molar refractivity (Wildman–Crippen MR) is 59.3 cm³/mol. The highest BCUT2D eigenvalue weighted by Gasteiger charge is 2.34. The lowest BCUT2D eigenvalue weighted by molar-refractivity contribution is -0.143. The molecule has 0 N–H and O–H groups in total. The van der Waals surface area contributed by atoms with E-state index in [0.717, 1.165) is 5.56 Å². The quantitative estimate of drug-likeness (QED) is 0.706. The van der Waals surface area contributed by atoms with Crippen LogP contribution in [-0.4, -0.2) is 31.1 Å². The molecule has 4 nitrogen and oxygen atoms in total. The summed E-state index contributed by atoms with van der Waals surface area (Å²) in [6.45, 7) is 1.81. The second kappa shape index (κ2) is 4.35. The van der Waals surface area contributed by atoms with Crippen LogP contribution in [0.2, 0.25) is 0 Å². The van der Waals surface area contributed by atoms with E-state index in [-0.39, 0.29) is 12.1 Å². The van der Waals surface area contributed by atoms with Gasteiger partial charge in [0.25, 0.3) is 0 Å². The van der Waals surface area contributed by atoms with E-state index in [0.29, 0.717) is 5.90 Å². The van der Waals surface area contributed by atoms with Gasteiger partial charge in [0, 0.05) is 5.56 Å². The van der Waals surface area contributed by atoms with Crippen molar-refractivity contribution in [3.63, 3.8) is 0 Å². The molecule has 1 aliphatic heterocycles. The fraction of sp³-hybridized carbons (Fsp3) is 0.333. The minimum atomic E-state index is -0.555. The lowest BCUT2D eigenvalue weighted by Gasteiger charge is -2.09. The van der Waals surface area contributed by atoms with Crippen molar-refractivity contribution >= 4 is 11.9 Å². The van der Waals surface area contributed by atoms with E-state index < -0.39 is 6.04 Å². The van der Waals surface area contributed by atoms with E-state index in [2.05, 4.69) is 9.73 Å². The van der Waals surface area contributed by atoms with E-state index >= 15 is 0 Å². The van der Waals surface area contributed by atoms with E-state index in [9.17, 15) is 4.79 Å². The third kappa shape index (κ3) is 1.91. The van der Waals surface area contributed by atoms with Gasteiger partial charge in [-0.05, 0) is 19.1 Å². The van der Waals surface area contributed by atoms with Crippen molar-refractivity contribution in [3.05, 3.63) is 35.9 Å². The molecule has 0 spiro atoms. The molecule has 0 bridgehead atoms. The summed E-state index contributed by atoms with van der Waals surface area (Å²) in [5.74, 6) is 0.141. The van der Waals surface area contributed by atoms with Gasteiger partial charge in [0.05, 0.1) is 7.11 Å². The summed E-state index contributed by atoms with van der Waals surface area (Å²) in [5.41, 5.74) is 0.876. The second-order valence-electron chi connectivity index (χ2n) is 3.59. The number of methoxy groups -OCH3 is 1. The van der Waals surface area contributed by atoms with Crippen LogP contribution in [0.1, 0.15) is 12.5 Å². The van der Waals surface area contributed by atoms with Crippen LogP contribution in [0.3, 0.4) is 0 Å². The van der Waals surface area contributed by atoms with Gasteiger partial charge < -0.3 is 9.47 Å². The number of carbonyl (C=O) groups is 1. The maximum Gasteiger partial charge on any atom is 0.334 e. The molecular formula is C12H13NO3. The second-order valence-corrected chi connectivity index (χ2v) is 3.59. The molecule has 16 heavy (non-hydrogen) atoms. The first-order valence-electron chi connectivity index (χ1n) is 5.10. The normalized spacial score (nSPS) is 23.5. The van der Waals surface area contributed by atoms with E-state index in [4.69, 9.17) is 4.74 Å². The SMILES string of the molecule is COC(=O)[C@@H]1N=C(c2ccccc2)O[C@@H]1C. The van der Waals surface area contributed by atoms with Gasteiger partial charge in [0.15, 0.2) is 6.04 Å². The number of aliphatic imine (C=N–C) groups is 1. The number of benzene rings is 1. The van der Waals surface area contributed by atoms with Gasteiger partial charge in [0.2, 0.25) is 5.90 Å². The molecular weight excluding hydrogens is 206 g/mol. The standard InChI is InChI=1S/C12H13NO3/c1-8-10(12(14)15-2)13-11(16-8)9-6-4-3-5-7-9/h3-8,10H,1-2H3/t8-,10-/m1/s1. The zero-order valence-electron chi connectivity index (χ0n) is 9.21. The summed E-state index contributed by atoms with van der Waals surface area (Å²) in [4.78, 5) is 15.6. The Hall–Kier alpha value is -1.84. The minimum Gasteiger partial charge on any atom is -0.472 e. The smallest absolute Gasteiger partial charge is 0.334 e. The summed E-state index contributed by atoms with van der Waals surface area (Å²) in [7, 11) is 1.35. The zero-order chi connectivity index (χ0) is 11.5. The molecule has 0 aliphatic carbocycles. The fourth-order valence-electron chi connectivity index (χ4n) is 1.59. The highest BCUT2D eigenvalue weighted by Crippen LogP contribution is 2.18. The van der Waals surface area contributed by atoms with Crippen LogP contribution in [-0.2, 0) is 14.3 Å². The monoisotopic (exact) mass is 219 g/mol. The molecule has 4 heteroatoms. The first kappa shape index (κ1) is 10.7. The van der Waals surface area contributed by atoms with Crippen LogP contribution < -0.4 is 0 Å². The van der Waals surface area contributed by atoms with Crippen LogP contribution in [0.15, 0.2) is 35.3 Å². The zero-order valence-corrected chi connectivity index (χ0v) is 9.21. The molecule has 84 valence electrons. The Morgan fingerprint density at radius 2 is 2.06 bits per heavy atom. The van der Waals surface area contributed by atoms with Gasteiger partial charge in [-0.2, -0.15) is 0 Å². The van der Waals surface area contributed by atoms with Crippen molar-refractivity contribution in [2.24, 2.45) is 4.99 Å². The molecule has 0 unspecified atom stereocenters. The molecule has 0 saturated heterocycles. The van der Waals surface area contributed by atoms with Crippen molar-refractivity contribution in [3.8, 4) is 0 Å². The van der Waals surface area contributed by atoms with Gasteiger partial charge in [-0.15, -0.1) is 0 Å². The molecule has 1 aliphatic rings. The number of hydrogen-bond acceptors (Lipinski definition) is 4. The largest absolute Gasteiger partial charge is 0.472 e. The first-order valence-corrected chi connectivity index (χ1v) is 5.10. The number of rotatable bonds is 2. The summed E-state index contributed by atoms with van der Waals surface area (Å²) in [6.07, 6.45) is -0.275. The Morgan fingerprint density at radius 1 is 1.38 bits per heavy atom. The third-order valence-corrected chi connectivity index (χ3v) is 2.46. The number of ether oxygens (including phenoxy) is 2. The van der Waals surface area contributed by atoms with Crippen molar-refractivity contribution in [2.45, 2.75) is 19.1 Å². The average molecular weight is 219 g/mol. The van der Waals surface area contributed by atoms with Gasteiger partial charge >= 0.3 is 5.97 Å². The third-order valence-electron chi connectivity index (χ3n) is 2.46. The Labute approximate surface area is 93.9 Å². The maximum atomic E-state index is 11.4. The Balaban J connectivity index is 2.23. The van der Waals surface area contributed by atoms with Gasteiger partial charge in [0.1, 0.15) is 6.10 Å². The van der Waals surface area contributed by atoms with Crippen molar-refractivity contribution in [1.82, 2.24) is 0 Å². The van der Waals surface area contributed by atoms with E-state index in [1.165, 1.54) is 7.11 Å². The van der Waals surface area contributed by atoms with Crippen molar-refractivity contribution in [2.75, 3.05) is 7.11 Å². The first-order chi connectivity index (χ1) is 7.72. The van der Waals surface area contributed by atoms with Crippen LogP contribution >= 0.6 is 0 Å². The van der Waals surface area contributed by atoms with E-state index in [1.54, 1.807) is 6.92 Å². The van der Waals surface area contributed by atoms with Crippen LogP contribution in [0.25, 0.3) is 0 Å². The van der Waals surface area contributed by atoms with Crippen molar-refractivity contribution in [1.29, 1.82) is 0 Å². The lowest BCUT2D eigenvalue weighted by atomic mass is 10.2. The Bertz CT molecular complexity index is 414. The Kier molecular flexibility index (Phi) is 2.90. The molecule has 1 aromatic rings. The summed E-state index contributed by atoms with van der Waals surface area (Å²) in [5, 5.41) is 0. The number of carbonyl (C=O) groups excluding carboxylic acids is 1. The van der Waals surface area contributed by atoms with Gasteiger partial charge in [-0.1, -0.05) is 18.2 Å². The molecule has 0 radical (unpaired) electrons. The fourth-order valence-corrected chi connectivity index (χ4v) is 1.59. The molecule has 0 amide bonds. The minimum absolute atomic E-state index is 0.275. The molecule has 0 fully saturated rings.